The number of nitrogens with zero attached hydrogens (tertiary/aromatic N) is 1. The minimum atomic E-state index is 0.598. The number of hydrogen-bond donors (Lipinski definition) is 1. The van der Waals surface area contributed by atoms with Crippen molar-refractivity contribution in [3.05, 3.63) is 23.4 Å². The second kappa shape index (κ2) is 4.48. The van der Waals surface area contributed by atoms with Gasteiger partial charge in [0, 0.05) is 12.2 Å². The zero-order valence-corrected chi connectivity index (χ0v) is 8.32. The largest absolute Gasteiger partial charge is 0.326 e. The highest BCUT2D eigenvalue weighted by molar-refractivity contribution is 7.99. The van der Waals surface area contributed by atoms with Gasteiger partial charge in [0.25, 0.3) is 0 Å². The van der Waals surface area contributed by atoms with Gasteiger partial charge < -0.3 is 5.73 Å². The Morgan fingerprint density at radius 1 is 1.50 bits per heavy atom. The predicted molar refractivity (Wildman–Crippen MR) is 53.3 cm³/mol. The fourth-order valence-electron chi connectivity index (χ4n) is 1.05. The van der Waals surface area contributed by atoms with E-state index in [0.29, 0.717) is 6.54 Å². The summed E-state index contributed by atoms with van der Waals surface area (Å²) >= 11 is 1.75. The Morgan fingerprint density at radius 3 is 2.83 bits per heavy atom. The number of hydrogen-bond acceptors (Lipinski definition) is 3. The monoisotopic (exact) mass is 182 g/mol. The van der Waals surface area contributed by atoms with E-state index in [9.17, 15) is 0 Å². The third kappa shape index (κ3) is 2.50. The van der Waals surface area contributed by atoms with Crippen molar-refractivity contribution in [3.8, 4) is 0 Å². The van der Waals surface area contributed by atoms with E-state index in [1.54, 1.807) is 11.8 Å². The van der Waals surface area contributed by atoms with Crippen molar-refractivity contribution >= 4 is 11.8 Å². The molecule has 12 heavy (non-hydrogen) atoms. The van der Waals surface area contributed by atoms with E-state index in [-0.39, 0.29) is 0 Å². The fraction of sp³-hybridized carbons (Fsp3) is 0.444. The van der Waals surface area contributed by atoms with Gasteiger partial charge >= 0.3 is 0 Å². The van der Waals surface area contributed by atoms with Crippen LogP contribution in [0.3, 0.4) is 0 Å². The summed E-state index contributed by atoms with van der Waals surface area (Å²) in [5.74, 6) is 1.06. The summed E-state index contributed by atoms with van der Waals surface area (Å²) < 4.78 is 0. The number of aromatic nitrogens is 1. The molecule has 2 N–H and O–H groups in total. The zero-order chi connectivity index (χ0) is 8.97. The lowest BCUT2D eigenvalue weighted by molar-refractivity contribution is 0.987. The molecular weight excluding hydrogens is 168 g/mol. The van der Waals surface area contributed by atoms with Crippen LogP contribution in [-0.2, 0) is 6.54 Å². The first-order chi connectivity index (χ1) is 5.76. The molecule has 0 bridgehead atoms. The number of pyridine rings is 1. The molecule has 0 aliphatic heterocycles. The van der Waals surface area contributed by atoms with Gasteiger partial charge in [-0.3, -0.25) is 0 Å². The molecular formula is C9H14N2S. The maximum atomic E-state index is 5.55. The molecule has 0 aliphatic carbocycles. The van der Waals surface area contributed by atoms with E-state index in [0.717, 1.165) is 16.5 Å². The summed E-state index contributed by atoms with van der Waals surface area (Å²) in [5, 5.41) is 1.08. The van der Waals surface area contributed by atoms with Gasteiger partial charge in [0.2, 0.25) is 0 Å². The Hall–Kier alpha value is -0.540. The molecule has 66 valence electrons. The summed E-state index contributed by atoms with van der Waals surface area (Å²) in [6, 6.07) is 4.08. The van der Waals surface area contributed by atoms with E-state index >= 15 is 0 Å². The van der Waals surface area contributed by atoms with Crippen LogP contribution < -0.4 is 5.73 Å². The van der Waals surface area contributed by atoms with Crippen LogP contribution in [-0.4, -0.2) is 10.7 Å². The first kappa shape index (κ1) is 9.55. The predicted octanol–water partition coefficient (Wildman–Crippen LogP) is 1.96. The Balaban J connectivity index is 2.90. The molecule has 0 aliphatic rings. The summed E-state index contributed by atoms with van der Waals surface area (Å²) in [4.78, 5) is 4.38. The van der Waals surface area contributed by atoms with Gasteiger partial charge in [-0.1, -0.05) is 6.92 Å². The Morgan fingerprint density at radius 2 is 2.25 bits per heavy atom. The minimum Gasteiger partial charge on any atom is -0.326 e. The average Bonchev–Trinajstić information content (AvgIpc) is 2.04. The summed E-state index contributed by atoms with van der Waals surface area (Å²) in [7, 11) is 0. The van der Waals surface area contributed by atoms with Crippen LogP contribution in [0.1, 0.15) is 18.2 Å². The second-order valence-electron chi connectivity index (χ2n) is 2.59. The number of thioether (sulfide) groups is 1. The van der Waals surface area contributed by atoms with Crippen molar-refractivity contribution in [1.29, 1.82) is 0 Å². The van der Waals surface area contributed by atoms with Crippen LogP contribution in [0.5, 0.6) is 0 Å². The summed E-state index contributed by atoms with van der Waals surface area (Å²) in [5.41, 5.74) is 7.76. The molecule has 0 radical (unpaired) electrons. The minimum absolute atomic E-state index is 0.598. The molecule has 0 spiro atoms. The van der Waals surface area contributed by atoms with Crippen molar-refractivity contribution in [2.24, 2.45) is 5.73 Å². The molecule has 2 nitrogen and oxygen atoms in total. The molecule has 0 aromatic carbocycles. The molecule has 3 heteroatoms. The molecule has 1 rings (SSSR count). The normalized spacial score (nSPS) is 10.2. The Labute approximate surface area is 77.6 Å². The maximum absolute atomic E-state index is 5.55. The SMILES string of the molecule is CCSc1cc(CN)cc(C)n1. The Kier molecular flexibility index (Phi) is 3.56. The second-order valence-corrected chi connectivity index (χ2v) is 3.88. The molecule has 0 unspecified atom stereocenters. The number of aryl methyl sites for hydroxylation is 1. The smallest absolute Gasteiger partial charge is 0.0966 e. The van der Waals surface area contributed by atoms with Gasteiger partial charge in [0.1, 0.15) is 0 Å². The third-order valence-corrected chi connectivity index (χ3v) is 2.31. The highest BCUT2D eigenvalue weighted by atomic mass is 32.2. The van der Waals surface area contributed by atoms with Crippen molar-refractivity contribution in [2.75, 3.05) is 5.75 Å². The molecule has 0 fully saturated rings. The summed E-state index contributed by atoms with van der Waals surface area (Å²) in [6.07, 6.45) is 0. The van der Waals surface area contributed by atoms with Gasteiger partial charge in [-0.25, -0.2) is 4.98 Å². The van der Waals surface area contributed by atoms with Gasteiger partial charge in [0.05, 0.1) is 5.03 Å². The van der Waals surface area contributed by atoms with E-state index in [1.807, 2.05) is 13.0 Å². The molecule has 0 saturated heterocycles. The van der Waals surface area contributed by atoms with Gasteiger partial charge in [-0.05, 0) is 30.4 Å². The van der Waals surface area contributed by atoms with E-state index in [4.69, 9.17) is 5.73 Å². The fourth-order valence-corrected chi connectivity index (χ4v) is 1.79. The lowest BCUT2D eigenvalue weighted by atomic mass is 10.2. The standard InChI is InChI=1S/C9H14N2S/c1-3-12-9-5-8(6-10)4-7(2)11-9/h4-5H,3,6,10H2,1-2H3. The first-order valence-electron chi connectivity index (χ1n) is 4.06. The van der Waals surface area contributed by atoms with E-state index in [2.05, 4.69) is 18.0 Å². The number of nitrogens with two attached hydrogens (primary N) is 1. The molecule has 1 heterocycles. The average molecular weight is 182 g/mol. The van der Waals surface area contributed by atoms with Gasteiger partial charge in [-0.2, -0.15) is 0 Å². The van der Waals surface area contributed by atoms with Gasteiger partial charge in [0.15, 0.2) is 0 Å². The lowest BCUT2D eigenvalue weighted by Gasteiger charge is -2.02. The third-order valence-electron chi connectivity index (χ3n) is 1.52. The van der Waals surface area contributed by atoms with Crippen LogP contribution in [0, 0.1) is 6.92 Å². The zero-order valence-electron chi connectivity index (χ0n) is 7.50. The van der Waals surface area contributed by atoms with Crippen LogP contribution in [0.25, 0.3) is 0 Å². The molecule has 0 amide bonds. The van der Waals surface area contributed by atoms with Crippen molar-refractivity contribution in [3.63, 3.8) is 0 Å². The highest BCUT2D eigenvalue weighted by Gasteiger charge is 1.97. The molecule has 1 aromatic heterocycles. The van der Waals surface area contributed by atoms with Crippen molar-refractivity contribution in [2.45, 2.75) is 25.4 Å². The van der Waals surface area contributed by atoms with Crippen molar-refractivity contribution < 1.29 is 0 Å². The Bertz CT molecular complexity index is 261. The lowest BCUT2D eigenvalue weighted by Crippen LogP contribution is -1.98. The van der Waals surface area contributed by atoms with Crippen LogP contribution in [0.2, 0.25) is 0 Å². The van der Waals surface area contributed by atoms with Crippen molar-refractivity contribution in [1.82, 2.24) is 4.98 Å². The summed E-state index contributed by atoms with van der Waals surface area (Å²) in [6.45, 7) is 4.72. The highest BCUT2D eigenvalue weighted by Crippen LogP contribution is 2.16. The van der Waals surface area contributed by atoms with E-state index in [1.165, 1.54) is 5.56 Å². The topological polar surface area (TPSA) is 38.9 Å². The van der Waals surface area contributed by atoms with Crippen LogP contribution in [0.4, 0.5) is 0 Å². The molecule has 0 atom stereocenters. The maximum Gasteiger partial charge on any atom is 0.0966 e. The number of rotatable bonds is 3. The van der Waals surface area contributed by atoms with E-state index < -0.39 is 0 Å². The first-order valence-corrected chi connectivity index (χ1v) is 5.05. The molecule has 0 saturated carbocycles. The van der Waals surface area contributed by atoms with Crippen LogP contribution in [0.15, 0.2) is 17.2 Å². The van der Waals surface area contributed by atoms with Crippen LogP contribution >= 0.6 is 11.8 Å². The molecule has 1 aromatic rings. The van der Waals surface area contributed by atoms with Gasteiger partial charge in [-0.15, -0.1) is 11.8 Å². The quantitative estimate of drug-likeness (QED) is 0.726.